The van der Waals surface area contributed by atoms with Crippen molar-refractivity contribution in [3.63, 3.8) is 0 Å². The molecule has 1 aromatic rings. The standard InChI is InChI=1S/C24H39N5O3.HI/c1-4-32-23(30)29-14-10-21(11-15-29)27-22(25-3)26-18-24(12-16-31-17-13-24)28-19(2)20-8-6-5-7-9-20;/h5-9,19,21,28H,4,10-18H2,1-3H3,(H2,25,26,27);1H. The third-order valence-electron chi connectivity index (χ3n) is 6.45. The molecule has 0 saturated carbocycles. The van der Waals surface area contributed by atoms with E-state index in [2.05, 4.69) is 58.2 Å². The van der Waals surface area contributed by atoms with E-state index >= 15 is 0 Å². The minimum Gasteiger partial charge on any atom is -0.450 e. The second-order valence-electron chi connectivity index (χ2n) is 8.70. The van der Waals surface area contributed by atoms with Crippen LogP contribution in [0.15, 0.2) is 35.3 Å². The van der Waals surface area contributed by atoms with E-state index in [-0.39, 0.29) is 47.7 Å². The molecule has 0 bridgehead atoms. The lowest BCUT2D eigenvalue weighted by Gasteiger charge is -2.41. The largest absolute Gasteiger partial charge is 0.450 e. The summed E-state index contributed by atoms with van der Waals surface area (Å²) in [5.41, 5.74) is 1.23. The van der Waals surface area contributed by atoms with E-state index in [1.165, 1.54) is 5.56 Å². The average molecular weight is 574 g/mol. The summed E-state index contributed by atoms with van der Waals surface area (Å²) in [5.74, 6) is 0.805. The van der Waals surface area contributed by atoms with Gasteiger partial charge >= 0.3 is 6.09 Å². The summed E-state index contributed by atoms with van der Waals surface area (Å²) >= 11 is 0. The molecular weight excluding hydrogens is 533 g/mol. The summed E-state index contributed by atoms with van der Waals surface area (Å²) in [6.07, 6.45) is 3.44. The van der Waals surface area contributed by atoms with E-state index < -0.39 is 0 Å². The molecule has 33 heavy (non-hydrogen) atoms. The van der Waals surface area contributed by atoms with Crippen LogP contribution >= 0.6 is 24.0 Å². The third kappa shape index (κ3) is 8.29. The number of hydrogen-bond donors (Lipinski definition) is 3. The first-order chi connectivity index (χ1) is 15.5. The quantitative estimate of drug-likeness (QED) is 0.264. The number of carbonyl (C=O) groups is 1. The zero-order chi connectivity index (χ0) is 22.8. The molecular formula is C24H40IN5O3. The van der Waals surface area contributed by atoms with Crippen LogP contribution in [-0.2, 0) is 9.47 Å². The second-order valence-corrected chi connectivity index (χ2v) is 8.70. The number of nitrogens with one attached hydrogen (secondary N) is 3. The predicted molar refractivity (Wildman–Crippen MR) is 142 cm³/mol. The molecule has 2 fully saturated rings. The monoisotopic (exact) mass is 573 g/mol. The molecule has 3 rings (SSSR count). The number of likely N-dealkylation sites (tertiary alicyclic amines) is 1. The topological polar surface area (TPSA) is 87.2 Å². The molecule has 0 aromatic heterocycles. The lowest BCUT2D eigenvalue weighted by molar-refractivity contribution is 0.0354. The maximum absolute atomic E-state index is 11.9. The molecule has 0 aliphatic carbocycles. The molecule has 3 N–H and O–H groups in total. The van der Waals surface area contributed by atoms with E-state index in [1.54, 1.807) is 11.9 Å². The van der Waals surface area contributed by atoms with Gasteiger partial charge in [0.1, 0.15) is 0 Å². The molecule has 8 nitrogen and oxygen atoms in total. The first kappa shape index (κ1) is 27.7. The highest BCUT2D eigenvalue weighted by Gasteiger charge is 2.34. The van der Waals surface area contributed by atoms with Crippen LogP contribution in [0.1, 0.15) is 51.1 Å². The molecule has 0 spiro atoms. The van der Waals surface area contributed by atoms with Crippen molar-refractivity contribution in [3.05, 3.63) is 35.9 Å². The third-order valence-corrected chi connectivity index (χ3v) is 6.45. The fourth-order valence-corrected chi connectivity index (χ4v) is 4.48. The Morgan fingerprint density at radius 3 is 2.52 bits per heavy atom. The van der Waals surface area contributed by atoms with Crippen LogP contribution in [0, 0.1) is 0 Å². The molecule has 2 aliphatic rings. The van der Waals surface area contributed by atoms with E-state index in [1.807, 2.05) is 6.92 Å². The van der Waals surface area contributed by atoms with Gasteiger partial charge in [0.2, 0.25) is 0 Å². The molecule has 0 radical (unpaired) electrons. The zero-order valence-corrected chi connectivity index (χ0v) is 22.5. The van der Waals surface area contributed by atoms with Gasteiger partial charge in [-0.25, -0.2) is 4.79 Å². The van der Waals surface area contributed by atoms with Crippen LogP contribution in [0.5, 0.6) is 0 Å². The number of rotatable bonds is 7. The maximum atomic E-state index is 11.9. The number of aliphatic imine (C=N–C) groups is 1. The molecule has 2 saturated heterocycles. The van der Waals surface area contributed by atoms with Crippen molar-refractivity contribution in [2.75, 3.05) is 46.5 Å². The number of halogens is 1. The molecule has 1 atom stereocenters. The predicted octanol–water partition coefficient (Wildman–Crippen LogP) is 3.29. The fourth-order valence-electron chi connectivity index (χ4n) is 4.48. The van der Waals surface area contributed by atoms with E-state index in [9.17, 15) is 4.79 Å². The van der Waals surface area contributed by atoms with Crippen molar-refractivity contribution in [1.29, 1.82) is 0 Å². The van der Waals surface area contributed by atoms with Gasteiger partial charge in [0.25, 0.3) is 0 Å². The van der Waals surface area contributed by atoms with Crippen LogP contribution in [0.2, 0.25) is 0 Å². The number of piperidine rings is 1. The Morgan fingerprint density at radius 2 is 1.91 bits per heavy atom. The molecule has 1 amide bonds. The Kier molecular flexibility index (Phi) is 11.7. The van der Waals surface area contributed by atoms with Crippen molar-refractivity contribution < 1.29 is 14.3 Å². The number of ether oxygens (including phenoxy) is 2. The summed E-state index contributed by atoms with van der Waals surface area (Å²) in [6.45, 7) is 8.16. The van der Waals surface area contributed by atoms with Crippen molar-refractivity contribution >= 4 is 36.0 Å². The second kappa shape index (κ2) is 14.0. The van der Waals surface area contributed by atoms with Crippen molar-refractivity contribution in [3.8, 4) is 0 Å². The Labute approximate surface area is 215 Å². The molecule has 1 unspecified atom stereocenters. The first-order valence-electron chi connectivity index (χ1n) is 11.8. The summed E-state index contributed by atoms with van der Waals surface area (Å²) < 4.78 is 10.8. The molecule has 9 heteroatoms. The van der Waals surface area contributed by atoms with Gasteiger partial charge < -0.3 is 30.3 Å². The van der Waals surface area contributed by atoms with Gasteiger partial charge in [-0.1, -0.05) is 30.3 Å². The number of hydrogen-bond acceptors (Lipinski definition) is 5. The Bertz CT molecular complexity index is 735. The summed E-state index contributed by atoms with van der Waals surface area (Å²) in [5, 5.41) is 11.0. The van der Waals surface area contributed by atoms with Crippen molar-refractivity contribution in [2.24, 2.45) is 4.99 Å². The van der Waals surface area contributed by atoms with Crippen LogP contribution < -0.4 is 16.0 Å². The van der Waals surface area contributed by atoms with Crippen LogP contribution in [-0.4, -0.2) is 75.0 Å². The summed E-state index contributed by atoms with van der Waals surface area (Å²) in [4.78, 5) is 18.1. The molecule has 1 aromatic carbocycles. The van der Waals surface area contributed by atoms with Gasteiger partial charge in [0, 0.05) is 57.5 Å². The number of guanidine groups is 1. The highest BCUT2D eigenvalue weighted by molar-refractivity contribution is 14.0. The zero-order valence-electron chi connectivity index (χ0n) is 20.1. The smallest absolute Gasteiger partial charge is 0.409 e. The molecule has 2 aliphatic heterocycles. The fraction of sp³-hybridized carbons (Fsp3) is 0.667. The van der Waals surface area contributed by atoms with Crippen LogP contribution in [0.25, 0.3) is 0 Å². The van der Waals surface area contributed by atoms with Gasteiger partial charge in [-0.3, -0.25) is 4.99 Å². The van der Waals surface area contributed by atoms with Crippen LogP contribution in [0.4, 0.5) is 4.79 Å². The van der Waals surface area contributed by atoms with E-state index in [0.29, 0.717) is 19.7 Å². The minimum atomic E-state index is -0.214. The molecule has 2 heterocycles. The average Bonchev–Trinajstić information content (AvgIpc) is 2.83. The van der Waals surface area contributed by atoms with Crippen molar-refractivity contribution in [1.82, 2.24) is 20.9 Å². The SMILES string of the molecule is CCOC(=O)N1CCC(NC(=NC)NCC2(NC(C)c3ccccc3)CCOCC2)CC1.I. The number of amides is 1. The Hall–Kier alpha value is -1.59. The van der Waals surface area contributed by atoms with Gasteiger partial charge in [-0.15, -0.1) is 24.0 Å². The number of carbonyl (C=O) groups excluding carboxylic acids is 1. The van der Waals surface area contributed by atoms with Crippen LogP contribution in [0.3, 0.4) is 0 Å². The minimum absolute atomic E-state index is 0. The number of nitrogens with zero attached hydrogens (tertiary/aromatic N) is 2. The van der Waals surface area contributed by atoms with E-state index in [0.717, 1.165) is 51.4 Å². The highest BCUT2D eigenvalue weighted by Crippen LogP contribution is 2.25. The normalized spacial score (nSPS) is 19.8. The van der Waals surface area contributed by atoms with Gasteiger partial charge in [-0.2, -0.15) is 0 Å². The number of benzene rings is 1. The van der Waals surface area contributed by atoms with Crippen molar-refractivity contribution in [2.45, 2.75) is 57.2 Å². The summed E-state index contributed by atoms with van der Waals surface area (Å²) in [6, 6.07) is 11.1. The first-order valence-corrected chi connectivity index (χ1v) is 11.8. The highest BCUT2D eigenvalue weighted by atomic mass is 127. The van der Waals surface area contributed by atoms with Gasteiger partial charge in [-0.05, 0) is 45.1 Å². The Morgan fingerprint density at radius 1 is 1.24 bits per heavy atom. The van der Waals surface area contributed by atoms with Gasteiger partial charge in [0.15, 0.2) is 5.96 Å². The molecule has 186 valence electrons. The Balaban J connectivity index is 0.00000385. The van der Waals surface area contributed by atoms with Gasteiger partial charge in [0.05, 0.1) is 6.61 Å². The lowest BCUT2D eigenvalue weighted by Crippen LogP contribution is -2.59. The van der Waals surface area contributed by atoms with E-state index in [4.69, 9.17) is 9.47 Å². The summed E-state index contributed by atoms with van der Waals surface area (Å²) in [7, 11) is 1.81. The lowest BCUT2D eigenvalue weighted by atomic mass is 9.88. The maximum Gasteiger partial charge on any atom is 0.409 e.